The van der Waals surface area contributed by atoms with E-state index < -0.39 is 17.8 Å². The van der Waals surface area contributed by atoms with Gasteiger partial charge in [-0.2, -0.15) is 0 Å². The molecule has 0 saturated heterocycles. The van der Waals surface area contributed by atoms with E-state index in [2.05, 4.69) is 0 Å². The number of carbonyl (C=O) groups is 3. The van der Waals surface area contributed by atoms with Crippen molar-refractivity contribution in [2.75, 3.05) is 0 Å². The smallest absolute Gasteiger partial charge is 0.350 e. The molecule has 128 valence electrons. The second kappa shape index (κ2) is 6.33. The van der Waals surface area contributed by atoms with Crippen molar-refractivity contribution < 1.29 is 19.2 Å². The van der Waals surface area contributed by atoms with Crippen molar-refractivity contribution >= 4 is 17.8 Å². The Morgan fingerprint density at radius 1 is 0.808 bits per heavy atom. The van der Waals surface area contributed by atoms with Gasteiger partial charge in [0.25, 0.3) is 11.8 Å². The number of benzene rings is 2. The fourth-order valence-corrected chi connectivity index (χ4v) is 2.82. The highest BCUT2D eigenvalue weighted by molar-refractivity contribution is 6.21. The van der Waals surface area contributed by atoms with Crippen LogP contribution in [-0.2, 0) is 11.4 Å². The van der Waals surface area contributed by atoms with Gasteiger partial charge in [-0.25, -0.2) is 4.79 Å². The molecule has 1 aliphatic rings. The summed E-state index contributed by atoms with van der Waals surface area (Å²) in [4.78, 5) is 41.8. The first kappa shape index (κ1) is 15.8. The first-order valence-electron chi connectivity index (χ1n) is 8.03. The molecule has 2 amide bonds. The number of rotatable bonds is 4. The van der Waals surface area contributed by atoms with Crippen LogP contribution in [0.3, 0.4) is 0 Å². The molecule has 6 heteroatoms. The SMILES string of the molecule is O=C(ON1C(=O)c2ccccc2C1=O)c1ccc(Cn2cccc2)cc1. The Labute approximate surface area is 149 Å². The van der Waals surface area contributed by atoms with Crippen molar-refractivity contribution in [3.05, 3.63) is 95.3 Å². The fraction of sp³-hybridized carbons (Fsp3) is 0.0500. The molecule has 0 unspecified atom stereocenters. The summed E-state index contributed by atoms with van der Waals surface area (Å²) in [5, 5.41) is 0.515. The van der Waals surface area contributed by atoms with Crippen LogP contribution < -0.4 is 0 Å². The molecule has 0 aliphatic carbocycles. The molecule has 4 rings (SSSR count). The summed E-state index contributed by atoms with van der Waals surface area (Å²) in [5.41, 5.74) is 1.73. The molecule has 0 N–H and O–H groups in total. The first-order valence-corrected chi connectivity index (χ1v) is 8.03. The molecule has 3 aromatic rings. The molecule has 0 spiro atoms. The lowest BCUT2D eigenvalue weighted by atomic mass is 10.1. The highest BCUT2D eigenvalue weighted by Crippen LogP contribution is 2.23. The van der Waals surface area contributed by atoms with Crippen LogP contribution in [0.15, 0.2) is 73.1 Å². The monoisotopic (exact) mass is 346 g/mol. The Hall–Kier alpha value is -3.67. The van der Waals surface area contributed by atoms with Crippen LogP contribution in [0, 0.1) is 0 Å². The van der Waals surface area contributed by atoms with Crippen LogP contribution >= 0.6 is 0 Å². The average molecular weight is 346 g/mol. The lowest BCUT2D eigenvalue weighted by Gasteiger charge is -2.13. The fourth-order valence-electron chi connectivity index (χ4n) is 2.82. The second-order valence-electron chi connectivity index (χ2n) is 5.88. The van der Waals surface area contributed by atoms with Gasteiger partial charge in [-0.1, -0.05) is 29.3 Å². The van der Waals surface area contributed by atoms with Crippen LogP contribution in [0.2, 0.25) is 0 Å². The zero-order chi connectivity index (χ0) is 18.1. The minimum atomic E-state index is -0.757. The van der Waals surface area contributed by atoms with Crippen molar-refractivity contribution in [2.24, 2.45) is 0 Å². The maximum absolute atomic E-state index is 12.3. The number of imide groups is 1. The van der Waals surface area contributed by atoms with Crippen molar-refractivity contribution in [1.29, 1.82) is 0 Å². The molecular formula is C20H14N2O4. The van der Waals surface area contributed by atoms with E-state index in [1.54, 1.807) is 36.4 Å². The molecule has 0 radical (unpaired) electrons. The maximum atomic E-state index is 12.3. The van der Waals surface area contributed by atoms with Crippen molar-refractivity contribution in [3.8, 4) is 0 Å². The van der Waals surface area contributed by atoms with Gasteiger partial charge < -0.3 is 9.40 Å². The number of aromatic nitrogens is 1. The quantitative estimate of drug-likeness (QED) is 0.681. The lowest BCUT2D eigenvalue weighted by molar-refractivity contribution is -0.0584. The molecule has 26 heavy (non-hydrogen) atoms. The van der Waals surface area contributed by atoms with Gasteiger partial charge in [-0.15, -0.1) is 0 Å². The van der Waals surface area contributed by atoms with Crippen LogP contribution in [0.4, 0.5) is 0 Å². The molecule has 2 heterocycles. The van der Waals surface area contributed by atoms with E-state index in [1.807, 2.05) is 29.1 Å². The van der Waals surface area contributed by atoms with Gasteiger partial charge >= 0.3 is 5.97 Å². The molecule has 2 aromatic carbocycles. The lowest BCUT2D eigenvalue weighted by Crippen LogP contribution is -2.32. The van der Waals surface area contributed by atoms with Gasteiger partial charge in [-0.05, 0) is 42.0 Å². The first-order chi connectivity index (χ1) is 12.6. The number of carbonyl (C=O) groups excluding carboxylic acids is 3. The van der Waals surface area contributed by atoms with Gasteiger partial charge in [-0.3, -0.25) is 9.59 Å². The van der Waals surface area contributed by atoms with E-state index >= 15 is 0 Å². The van der Waals surface area contributed by atoms with Crippen LogP contribution in [0.1, 0.15) is 36.6 Å². The standard InChI is InChI=1S/C20H14N2O4/c23-18-16-5-1-2-6-17(16)19(24)22(18)26-20(25)15-9-7-14(8-10-15)13-21-11-3-4-12-21/h1-12H,13H2. The zero-order valence-electron chi connectivity index (χ0n) is 13.7. The largest absolute Gasteiger partial charge is 0.363 e. The summed E-state index contributed by atoms with van der Waals surface area (Å²) in [6, 6.07) is 17.1. The van der Waals surface area contributed by atoms with Gasteiger partial charge in [0.15, 0.2) is 0 Å². The summed E-state index contributed by atoms with van der Waals surface area (Å²) >= 11 is 0. The van der Waals surface area contributed by atoms with Crippen molar-refractivity contribution in [2.45, 2.75) is 6.54 Å². The highest BCUT2D eigenvalue weighted by Gasteiger charge is 2.38. The molecule has 0 fully saturated rings. The number of hydrogen-bond donors (Lipinski definition) is 0. The van der Waals surface area contributed by atoms with Gasteiger partial charge in [0, 0.05) is 18.9 Å². The number of hydrogen-bond acceptors (Lipinski definition) is 4. The third kappa shape index (κ3) is 2.77. The summed E-state index contributed by atoms with van der Waals surface area (Å²) in [7, 11) is 0. The normalized spacial score (nSPS) is 13.0. The molecule has 0 bridgehead atoms. The Balaban J connectivity index is 1.47. The topological polar surface area (TPSA) is 68.6 Å². The molecular weight excluding hydrogens is 332 g/mol. The van der Waals surface area contributed by atoms with E-state index in [1.165, 1.54) is 12.1 Å². The van der Waals surface area contributed by atoms with Crippen molar-refractivity contribution in [1.82, 2.24) is 9.63 Å². The average Bonchev–Trinajstić information content (AvgIpc) is 3.25. The Morgan fingerprint density at radius 3 is 1.96 bits per heavy atom. The van der Waals surface area contributed by atoms with Gasteiger partial charge in [0.2, 0.25) is 0 Å². The summed E-state index contributed by atoms with van der Waals surface area (Å²) in [5.74, 6) is -2.03. The maximum Gasteiger partial charge on any atom is 0.363 e. The van der Waals surface area contributed by atoms with E-state index in [0.29, 0.717) is 11.6 Å². The number of fused-ring (bicyclic) bond motifs is 1. The van der Waals surface area contributed by atoms with Crippen LogP contribution in [-0.4, -0.2) is 27.4 Å². The van der Waals surface area contributed by atoms with E-state index in [-0.39, 0.29) is 16.7 Å². The van der Waals surface area contributed by atoms with E-state index in [0.717, 1.165) is 5.56 Å². The van der Waals surface area contributed by atoms with Gasteiger partial charge in [0.1, 0.15) is 0 Å². The highest BCUT2D eigenvalue weighted by atomic mass is 16.7. The van der Waals surface area contributed by atoms with E-state index in [9.17, 15) is 14.4 Å². The predicted molar refractivity (Wildman–Crippen MR) is 92.3 cm³/mol. The Bertz CT molecular complexity index is 956. The Kier molecular flexibility index (Phi) is 3.85. The minimum Gasteiger partial charge on any atom is -0.350 e. The molecule has 1 aromatic heterocycles. The Morgan fingerprint density at radius 2 is 1.38 bits per heavy atom. The summed E-state index contributed by atoms with van der Waals surface area (Å²) in [6.07, 6.45) is 3.90. The molecule has 1 aliphatic heterocycles. The van der Waals surface area contributed by atoms with Gasteiger partial charge in [0.05, 0.1) is 16.7 Å². The molecule has 6 nitrogen and oxygen atoms in total. The summed E-state index contributed by atoms with van der Waals surface area (Å²) < 4.78 is 2.01. The number of amides is 2. The third-order valence-electron chi connectivity index (χ3n) is 4.15. The molecule has 0 atom stereocenters. The van der Waals surface area contributed by atoms with Crippen LogP contribution in [0.25, 0.3) is 0 Å². The molecule has 0 saturated carbocycles. The third-order valence-corrected chi connectivity index (χ3v) is 4.15. The van der Waals surface area contributed by atoms with E-state index in [4.69, 9.17) is 4.84 Å². The van der Waals surface area contributed by atoms with Crippen LogP contribution in [0.5, 0.6) is 0 Å². The number of hydroxylamine groups is 2. The second-order valence-corrected chi connectivity index (χ2v) is 5.88. The minimum absolute atomic E-state index is 0.229. The predicted octanol–water partition coefficient (Wildman–Crippen LogP) is 2.90. The summed E-state index contributed by atoms with van der Waals surface area (Å²) in [6.45, 7) is 0.681. The number of nitrogens with zero attached hydrogens (tertiary/aromatic N) is 2. The zero-order valence-corrected chi connectivity index (χ0v) is 13.7. The van der Waals surface area contributed by atoms with Crippen molar-refractivity contribution in [3.63, 3.8) is 0 Å².